The fraction of sp³-hybridized carbons (Fsp3) is 0.312. The van der Waals surface area contributed by atoms with E-state index >= 15 is 0 Å². The van der Waals surface area contributed by atoms with Crippen LogP contribution in [-0.4, -0.2) is 35.3 Å². The van der Waals surface area contributed by atoms with Crippen LogP contribution in [0, 0.1) is 0 Å². The minimum atomic E-state index is -0.447. The molecule has 1 aromatic carbocycles. The monoisotopic (exact) mass is 349 g/mol. The molecule has 0 saturated carbocycles. The molecule has 0 spiro atoms. The molecule has 128 valence electrons. The van der Waals surface area contributed by atoms with E-state index in [4.69, 9.17) is 9.47 Å². The summed E-state index contributed by atoms with van der Waals surface area (Å²) in [6.45, 7) is 1.98. The van der Waals surface area contributed by atoms with Crippen LogP contribution in [0.15, 0.2) is 40.3 Å². The summed E-state index contributed by atoms with van der Waals surface area (Å²) in [5.74, 6) is 0.458. The van der Waals surface area contributed by atoms with Gasteiger partial charge in [0.25, 0.3) is 5.56 Å². The maximum Gasteiger partial charge on any atom is 0.251 e. The van der Waals surface area contributed by atoms with Crippen molar-refractivity contribution >= 4 is 23.4 Å². The van der Waals surface area contributed by atoms with Crippen molar-refractivity contribution in [3.05, 3.63) is 46.4 Å². The first kappa shape index (κ1) is 18.0. The predicted octanol–water partition coefficient (Wildman–Crippen LogP) is 2.04. The molecular formula is C16H19N3O4S. The minimum Gasteiger partial charge on any atom is -0.497 e. The van der Waals surface area contributed by atoms with Crippen molar-refractivity contribution in [3.63, 3.8) is 0 Å². The molecule has 0 bridgehead atoms. The van der Waals surface area contributed by atoms with Gasteiger partial charge in [-0.25, -0.2) is 4.98 Å². The topological polar surface area (TPSA) is 93.3 Å². The molecule has 1 aromatic heterocycles. The van der Waals surface area contributed by atoms with Crippen molar-refractivity contribution in [3.8, 4) is 5.75 Å². The number of amides is 1. The zero-order valence-electron chi connectivity index (χ0n) is 13.7. The number of rotatable bonds is 7. The van der Waals surface area contributed by atoms with E-state index in [1.54, 1.807) is 38.3 Å². The van der Waals surface area contributed by atoms with E-state index in [0.29, 0.717) is 22.3 Å². The Morgan fingerprint density at radius 1 is 1.38 bits per heavy atom. The van der Waals surface area contributed by atoms with Crippen molar-refractivity contribution in [2.45, 2.75) is 23.9 Å². The summed E-state index contributed by atoms with van der Waals surface area (Å²) >= 11 is 1.17. The fourth-order valence-electron chi connectivity index (χ4n) is 1.93. The number of carbonyl (C=O) groups excluding carboxylic acids is 1. The van der Waals surface area contributed by atoms with E-state index in [2.05, 4.69) is 15.3 Å². The number of aromatic nitrogens is 2. The van der Waals surface area contributed by atoms with Gasteiger partial charge in [0.15, 0.2) is 5.16 Å². The van der Waals surface area contributed by atoms with Crippen molar-refractivity contribution < 1.29 is 14.3 Å². The number of hydrogen-bond acceptors (Lipinski definition) is 6. The lowest BCUT2D eigenvalue weighted by Gasteiger charge is -2.12. The molecule has 0 saturated heterocycles. The first-order valence-corrected chi connectivity index (χ1v) is 8.10. The minimum absolute atomic E-state index is 0.201. The normalized spacial score (nSPS) is 11.8. The highest BCUT2D eigenvalue weighted by Gasteiger charge is 2.16. The van der Waals surface area contributed by atoms with E-state index in [1.165, 1.54) is 24.9 Å². The van der Waals surface area contributed by atoms with Gasteiger partial charge < -0.3 is 19.8 Å². The van der Waals surface area contributed by atoms with Crippen molar-refractivity contribution in [1.29, 1.82) is 0 Å². The molecule has 0 aliphatic carbocycles. The molecule has 24 heavy (non-hydrogen) atoms. The molecule has 2 aromatic rings. The van der Waals surface area contributed by atoms with E-state index in [-0.39, 0.29) is 18.1 Å². The number of H-pyrrole nitrogens is 1. The molecule has 0 aliphatic heterocycles. The van der Waals surface area contributed by atoms with Gasteiger partial charge in [0.2, 0.25) is 5.91 Å². The van der Waals surface area contributed by atoms with Gasteiger partial charge in [-0.1, -0.05) is 17.8 Å². The quantitative estimate of drug-likeness (QED) is 0.587. The molecule has 0 aliphatic rings. The Labute approximate surface area is 143 Å². The van der Waals surface area contributed by atoms with Crippen molar-refractivity contribution in [1.82, 2.24) is 9.97 Å². The lowest BCUT2D eigenvalue weighted by atomic mass is 10.3. The highest BCUT2D eigenvalue weighted by Crippen LogP contribution is 2.22. The number of carbonyl (C=O) groups is 1. The van der Waals surface area contributed by atoms with Crippen LogP contribution in [0.5, 0.6) is 5.75 Å². The van der Waals surface area contributed by atoms with Gasteiger partial charge in [0, 0.05) is 24.9 Å². The summed E-state index contributed by atoms with van der Waals surface area (Å²) in [5, 5.41) is 2.74. The number of aromatic amines is 1. The average Bonchev–Trinajstić information content (AvgIpc) is 2.54. The molecule has 0 fully saturated rings. The fourth-order valence-corrected chi connectivity index (χ4v) is 2.76. The molecule has 7 nitrogen and oxygen atoms in total. The van der Waals surface area contributed by atoms with Crippen LogP contribution < -0.4 is 15.6 Å². The Morgan fingerprint density at radius 2 is 2.17 bits per heavy atom. The van der Waals surface area contributed by atoms with Crippen molar-refractivity contribution in [2.75, 3.05) is 19.5 Å². The summed E-state index contributed by atoms with van der Waals surface area (Å²) in [6, 6.07) is 8.46. The zero-order valence-corrected chi connectivity index (χ0v) is 14.5. The van der Waals surface area contributed by atoms with Gasteiger partial charge >= 0.3 is 0 Å². The Morgan fingerprint density at radius 3 is 2.88 bits per heavy atom. The van der Waals surface area contributed by atoms with E-state index in [9.17, 15) is 9.59 Å². The number of nitrogens with one attached hydrogen (secondary N) is 2. The van der Waals surface area contributed by atoms with Gasteiger partial charge in [0.1, 0.15) is 5.75 Å². The van der Waals surface area contributed by atoms with Gasteiger partial charge in [0.05, 0.1) is 24.7 Å². The van der Waals surface area contributed by atoms with Crippen LogP contribution in [0.4, 0.5) is 5.69 Å². The molecular weight excluding hydrogens is 330 g/mol. The molecule has 8 heteroatoms. The Hall–Kier alpha value is -2.32. The van der Waals surface area contributed by atoms with Gasteiger partial charge in [-0.2, -0.15) is 0 Å². The summed E-state index contributed by atoms with van der Waals surface area (Å²) in [6.07, 6.45) is 0. The second-order valence-corrected chi connectivity index (χ2v) is 6.29. The third-order valence-corrected chi connectivity index (χ3v) is 4.04. The molecule has 1 amide bonds. The van der Waals surface area contributed by atoms with Crippen molar-refractivity contribution in [2.24, 2.45) is 0 Å². The van der Waals surface area contributed by atoms with Crippen LogP contribution in [0.3, 0.4) is 0 Å². The molecule has 0 radical (unpaired) electrons. The first-order valence-electron chi connectivity index (χ1n) is 7.22. The molecule has 1 unspecified atom stereocenters. The third-order valence-electron chi connectivity index (χ3n) is 3.06. The summed E-state index contributed by atoms with van der Waals surface area (Å²) in [7, 11) is 3.09. The summed E-state index contributed by atoms with van der Waals surface area (Å²) in [5.41, 5.74) is 0.880. The highest BCUT2D eigenvalue weighted by molar-refractivity contribution is 8.00. The first-order chi connectivity index (χ1) is 11.5. The number of nitrogens with zero attached hydrogens (tertiary/aromatic N) is 1. The van der Waals surface area contributed by atoms with Gasteiger partial charge in [-0.15, -0.1) is 0 Å². The predicted molar refractivity (Wildman–Crippen MR) is 92.5 cm³/mol. The Balaban J connectivity index is 2.04. The smallest absolute Gasteiger partial charge is 0.251 e. The third kappa shape index (κ3) is 5.10. The molecule has 2 rings (SSSR count). The second kappa shape index (κ2) is 8.51. The van der Waals surface area contributed by atoms with Crippen LogP contribution in [0.2, 0.25) is 0 Å². The number of ether oxygens (including phenoxy) is 2. The van der Waals surface area contributed by atoms with E-state index < -0.39 is 5.25 Å². The highest BCUT2D eigenvalue weighted by atomic mass is 32.2. The summed E-state index contributed by atoms with van der Waals surface area (Å²) in [4.78, 5) is 30.8. The van der Waals surface area contributed by atoms with Crippen LogP contribution >= 0.6 is 11.8 Å². The molecule has 1 heterocycles. The number of hydrogen-bond donors (Lipinski definition) is 2. The lowest BCUT2D eigenvalue weighted by molar-refractivity contribution is -0.115. The van der Waals surface area contributed by atoms with Gasteiger partial charge in [-0.3, -0.25) is 9.59 Å². The zero-order chi connectivity index (χ0) is 17.5. The number of thioether (sulfide) groups is 1. The van der Waals surface area contributed by atoms with Crippen LogP contribution in [0.1, 0.15) is 12.6 Å². The molecule has 1 atom stereocenters. The average molecular weight is 349 g/mol. The molecule has 2 N–H and O–H groups in total. The Bertz CT molecular complexity index is 763. The lowest BCUT2D eigenvalue weighted by Crippen LogP contribution is -2.23. The Kier molecular flexibility index (Phi) is 6.39. The second-order valence-electron chi connectivity index (χ2n) is 4.96. The van der Waals surface area contributed by atoms with E-state index in [0.717, 1.165) is 0 Å². The van der Waals surface area contributed by atoms with Crippen LogP contribution in [0.25, 0.3) is 0 Å². The maximum absolute atomic E-state index is 12.3. The number of methoxy groups -OCH3 is 2. The van der Waals surface area contributed by atoms with Gasteiger partial charge in [-0.05, 0) is 19.1 Å². The SMILES string of the molecule is COCc1cc(=O)[nH]c(SC(C)C(=O)Nc2cccc(OC)c2)n1. The van der Waals surface area contributed by atoms with Crippen LogP contribution in [-0.2, 0) is 16.1 Å². The number of anilines is 1. The maximum atomic E-state index is 12.3. The largest absolute Gasteiger partial charge is 0.497 e. The van der Waals surface area contributed by atoms with E-state index in [1.807, 2.05) is 0 Å². The number of benzene rings is 1. The summed E-state index contributed by atoms with van der Waals surface area (Å²) < 4.78 is 10.1. The standard InChI is InChI=1S/C16H19N3O4S/c1-10(15(21)17-11-5-4-6-13(7-11)23-3)24-16-18-12(9-22-2)8-14(20)19-16/h4-8,10H,9H2,1-3H3,(H,17,21)(H,18,19,20).